The van der Waals surface area contributed by atoms with Crippen LogP contribution in [0.3, 0.4) is 0 Å². The van der Waals surface area contributed by atoms with E-state index in [1.54, 1.807) is 0 Å². The third-order valence-electron chi connectivity index (χ3n) is 4.75. The van der Waals surface area contributed by atoms with Crippen molar-refractivity contribution in [2.45, 2.75) is 45.1 Å². The molecule has 1 aromatic heterocycles. The monoisotopic (exact) mass is 335 g/mol. The molecule has 0 spiro atoms. The molecule has 20 heavy (non-hydrogen) atoms. The molecule has 3 heteroatoms. The number of furan rings is 1. The Morgan fingerprint density at radius 1 is 1.40 bits per heavy atom. The minimum absolute atomic E-state index is 0.0312. The van der Waals surface area contributed by atoms with Crippen molar-refractivity contribution in [3.8, 4) is 0 Å². The molecule has 2 N–H and O–H groups in total. The predicted octanol–water partition coefficient (Wildman–Crippen LogP) is 5.41. The maximum Gasteiger partial charge on any atom is 0.148 e. The maximum absolute atomic E-state index is 6.49. The van der Waals surface area contributed by atoms with Crippen molar-refractivity contribution in [2.24, 2.45) is 17.6 Å². The fourth-order valence-electron chi connectivity index (χ4n) is 3.47. The van der Waals surface area contributed by atoms with E-state index in [1.807, 2.05) is 12.1 Å². The van der Waals surface area contributed by atoms with Crippen molar-refractivity contribution in [2.75, 3.05) is 0 Å². The van der Waals surface area contributed by atoms with Crippen LogP contribution >= 0.6 is 15.9 Å². The number of hydrogen-bond donors (Lipinski definition) is 1. The third-order valence-corrected chi connectivity index (χ3v) is 5.38. The zero-order valence-corrected chi connectivity index (χ0v) is 13.5. The van der Waals surface area contributed by atoms with E-state index in [0.29, 0.717) is 5.92 Å². The van der Waals surface area contributed by atoms with Gasteiger partial charge < -0.3 is 10.2 Å². The van der Waals surface area contributed by atoms with Gasteiger partial charge in [-0.25, -0.2) is 0 Å². The summed E-state index contributed by atoms with van der Waals surface area (Å²) in [7, 11) is 0. The summed E-state index contributed by atoms with van der Waals surface area (Å²) in [5.74, 6) is 2.35. The normalized spacial score (nSPS) is 24.9. The molecule has 1 fully saturated rings. The van der Waals surface area contributed by atoms with Crippen LogP contribution in [0.4, 0.5) is 0 Å². The number of rotatable bonds is 3. The van der Waals surface area contributed by atoms with Crippen molar-refractivity contribution in [1.82, 2.24) is 0 Å². The molecule has 0 bridgehead atoms. The van der Waals surface area contributed by atoms with Crippen LogP contribution in [0.1, 0.15) is 50.8 Å². The van der Waals surface area contributed by atoms with E-state index >= 15 is 0 Å². The molecule has 3 rings (SSSR count). The van der Waals surface area contributed by atoms with Gasteiger partial charge in [0.15, 0.2) is 0 Å². The molecule has 1 aliphatic rings. The molecule has 0 aliphatic heterocycles. The van der Waals surface area contributed by atoms with Gasteiger partial charge in [0.1, 0.15) is 11.3 Å². The molecule has 0 saturated heterocycles. The molecule has 1 aromatic carbocycles. The van der Waals surface area contributed by atoms with Crippen LogP contribution in [0.25, 0.3) is 11.0 Å². The fourth-order valence-corrected chi connectivity index (χ4v) is 3.94. The first-order valence-corrected chi connectivity index (χ1v) is 8.42. The lowest BCUT2D eigenvalue weighted by atomic mass is 9.76. The van der Waals surface area contributed by atoms with Crippen LogP contribution < -0.4 is 5.73 Å². The lowest BCUT2D eigenvalue weighted by molar-refractivity contribution is 0.218. The van der Waals surface area contributed by atoms with Gasteiger partial charge >= 0.3 is 0 Å². The Morgan fingerprint density at radius 2 is 2.25 bits per heavy atom. The second-order valence-electron chi connectivity index (χ2n) is 6.03. The fraction of sp³-hybridized carbons (Fsp3) is 0.529. The first kappa shape index (κ1) is 14.2. The van der Waals surface area contributed by atoms with Gasteiger partial charge in [-0.1, -0.05) is 38.3 Å². The summed E-state index contributed by atoms with van der Waals surface area (Å²) >= 11 is 3.54. The first-order valence-electron chi connectivity index (χ1n) is 7.62. The van der Waals surface area contributed by atoms with Crippen LogP contribution in [0.15, 0.2) is 33.2 Å². The highest BCUT2D eigenvalue weighted by Crippen LogP contribution is 2.39. The molecule has 0 amide bonds. The van der Waals surface area contributed by atoms with Gasteiger partial charge in [-0.05, 0) is 52.7 Å². The Bertz CT molecular complexity index is 592. The van der Waals surface area contributed by atoms with Crippen LogP contribution in [0.2, 0.25) is 0 Å². The third kappa shape index (κ3) is 2.66. The van der Waals surface area contributed by atoms with Crippen molar-refractivity contribution >= 4 is 26.9 Å². The quantitative estimate of drug-likeness (QED) is 0.814. The zero-order valence-electron chi connectivity index (χ0n) is 11.9. The molecule has 2 nitrogen and oxygen atoms in total. The van der Waals surface area contributed by atoms with Crippen LogP contribution in [0.5, 0.6) is 0 Å². The lowest BCUT2D eigenvalue weighted by Gasteiger charge is -2.31. The van der Waals surface area contributed by atoms with Crippen LogP contribution in [-0.4, -0.2) is 0 Å². The standard InChI is InChI=1S/C17H22BrNO/c1-2-11-5-3-6-12(9-11)16(19)15-10-13-7-4-8-14(18)17(13)20-15/h4,7-8,10-12,16H,2-3,5-6,9,19H2,1H3. The maximum atomic E-state index is 6.49. The predicted molar refractivity (Wildman–Crippen MR) is 86.6 cm³/mol. The summed E-state index contributed by atoms with van der Waals surface area (Å²) in [6.07, 6.45) is 6.42. The smallest absolute Gasteiger partial charge is 0.148 e. The number of nitrogens with two attached hydrogens (primary N) is 1. The first-order chi connectivity index (χ1) is 9.69. The number of para-hydroxylation sites is 1. The van der Waals surface area contributed by atoms with E-state index in [4.69, 9.17) is 10.2 Å². The van der Waals surface area contributed by atoms with Gasteiger partial charge in [0.05, 0.1) is 10.5 Å². The molecule has 1 saturated carbocycles. The Hall–Kier alpha value is -0.800. The molecule has 1 heterocycles. The lowest BCUT2D eigenvalue weighted by Crippen LogP contribution is -2.26. The summed E-state index contributed by atoms with van der Waals surface area (Å²) in [6.45, 7) is 2.29. The second kappa shape index (κ2) is 5.90. The Labute approximate surface area is 128 Å². The molecular weight excluding hydrogens is 314 g/mol. The van der Waals surface area contributed by atoms with Gasteiger partial charge in [-0.3, -0.25) is 0 Å². The van der Waals surface area contributed by atoms with Gasteiger partial charge in [0.25, 0.3) is 0 Å². The van der Waals surface area contributed by atoms with E-state index in [0.717, 1.165) is 27.1 Å². The topological polar surface area (TPSA) is 39.2 Å². The SMILES string of the molecule is CCC1CCCC(C(N)c2cc3cccc(Br)c3o2)C1. The molecule has 3 unspecified atom stereocenters. The second-order valence-corrected chi connectivity index (χ2v) is 6.89. The minimum Gasteiger partial charge on any atom is -0.458 e. The van der Waals surface area contributed by atoms with Gasteiger partial charge in [-0.2, -0.15) is 0 Å². The van der Waals surface area contributed by atoms with Crippen LogP contribution in [0, 0.1) is 11.8 Å². The van der Waals surface area contributed by atoms with Gasteiger partial charge in [0.2, 0.25) is 0 Å². The highest BCUT2D eigenvalue weighted by molar-refractivity contribution is 9.10. The molecule has 0 radical (unpaired) electrons. The number of fused-ring (bicyclic) bond motifs is 1. The molecule has 1 aliphatic carbocycles. The Balaban J connectivity index is 1.84. The van der Waals surface area contributed by atoms with Crippen molar-refractivity contribution < 1.29 is 4.42 Å². The summed E-state index contributed by atoms with van der Waals surface area (Å²) < 4.78 is 7.01. The summed E-state index contributed by atoms with van der Waals surface area (Å²) in [5, 5.41) is 1.13. The summed E-state index contributed by atoms with van der Waals surface area (Å²) in [4.78, 5) is 0. The van der Waals surface area contributed by atoms with E-state index in [-0.39, 0.29) is 6.04 Å². The van der Waals surface area contributed by atoms with Crippen molar-refractivity contribution in [3.63, 3.8) is 0 Å². The van der Waals surface area contributed by atoms with Gasteiger partial charge in [-0.15, -0.1) is 0 Å². The Kier molecular flexibility index (Phi) is 4.18. The van der Waals surface area contributed by atoms with Crippen molar-refractivity contribution in [3.05, 3.63) is 34.5 Å². The minimum atomic E-state index is 0.0312. The van der Waals surface area contributed by atoms with Gasteiger partial charge in [0, 0.05) is 5.39 Å². The highest BCUT2D eigenvalue weighted by Gasteiger charge is 2.28. The number of halogens is 1. The molecule has 2 aromatic rings. The largest absolute Gasteiger partial charge is 0.458 e. The average molecular weight is 336 g/mol. The van der Waals surface area contributed by atoms with E-state index in [1.165, 1.54) is 32.1 Å². The van der Waals surface area contributed by atoms with Crippen LogP contribution in [-0.2, 0) is 0 Å². The summed E-state index contributed by atoms with van der Waals surface area (Å²) in [5.41, 5.74) is 7.41. The number of hydrogen-bond acceptors (Lipinski definition) is 2. The van der Waals surface area contributed by atoms with E-state index < -0.39 is 0 Å². The van der Waals surface area contributed by atoms with E-state index in [9.17, 15) is 0 Å². The van der Waals surface area contributed by atoms with Crippen molar-refractivity contribution in [1.29, 1.82) is 0 Å². The Morgan fingerprint density at radius 3 is 3.00 bits per heavy atom. The highest BCUT2D eigenvalue weighted by atomic mass is 79.9. The number of benzene rings is 1. The summed E-state index contributed by atoms with van der Waals surface area (Å²) in [6, 6.07) is 8.26. The molecular formula is C17H22BrNO. The molecule has 108 valence electrons. The average Bonchev–Trinajstić information content (AvgIpc) is 2.92. The zero-order chi connectivity index (χ0) is 14.1. The van der Waals surface area contributed by atoms with E-state index in [2.05, 4.69) is 35.0 Å². The molecule has 3 atom stereocenters.